The summed E-state index contributed by atoms with van der Waals surface area (Å²) in [5.74, 6) is -0.304. The first-order chi connectivity index (χ1) is 18.1. The van der Waals surface area contributed by atoms with E-state index in [0.29, 0.717) is 23.7 Å². The number of hydrogen-bond donors (Lipinski definition) is 3. The van der Waals surface area contributed by atoms with Crippen LogP contribution in [-0.2, 0) is 20.9 Å². The van der Waals surface area contributed by atoms with Gasteiger partial charge >= 0.3 is 5.97 Å². The van der Waals surface area contributed by atoms with Crippen LogP contribution in [0.3, 0.4) is 0 Å². The van der Waals surface area contributed by atoms with Gasteiger partial charge in [0.2, 0.25) is 11.8 Å². The second-order valence-corrected chi connectivity index (χ2v) is 9.27. The largest absolute Gasteiger partial charge is 0.476 e. The lowest BCUT2D eigenvalue weighted by molar-refractivity contribution is -0.158. The van der Waals surface area contributed by atoms with Crippen molar-refractivity contribution in [1.29, 1.82) is 0 Å². The lowest BCUT2D eigenvalue weighted by Crippen LogP contribution is -2.43. The number of hydrogen-bond acceptors (Lipinski definition) is 8. The van der Waals surface area contributed by atoms with Gasteiger partial charge in [-0.1, -0.05) is 30.3 Å². The fourth-order valence-corrected chi connectivity index (χ4v) is 3.82. The zero-order valence-corrected chi connectivity index (χ0v) is 22.3. The molecule has 1 aromatic heterocycles. The van der Waals surface area contributed by atoms with Crippen molar-refractivity contribution in [3.05, 3.63) is 83.1 Å². The molecular weight excluding hydrogens is 488 g/mol. The van der Waals surface area contributed by atoms with Crippen LogP contribution in [0.5, 0.6) is 5.75 Å². The molecule has 2 aromatic carbocycles. The van der Waals surface area contributed by atoms with E-state index in [-0.39, 0.29) is 13.0 Å². The van der Waals surface area contributed by atoms with Crippen molar-refractivity contribution in [3.8, 4) is 5.75 Å². The third-order valence-corrected chi connectivity index (χ3v) is 5.69. The molecule has 1 atom stereocenters. The minimum absolute atomic E-state index is 0.0253. The molecule has 0 aliphatic heterocycles. The van der Waals surface area contributed by atoms with Gasteiger partial charge in [0.25, 0.3) is 5.91 Å². The fraction of sp³-hybridized carbons (Fsp3) is 0.357. The van der Waals surface area contributed by atoms with Gasteiger partial charge in [-0.15, -0.1) is 0 Å². The number of aromatic nitrogens is 1. The summed E-state index contributed by atoms with van der Waals surface area (Å²) in [6.45, 7) is 9.59. The van der Waals surface area contributed by atoms with Crippen molar-refractivity contribution in [1.82, 2.24) is 21.2 Å². The van der Waals surface area contributed by atoms with Crippen molar-refractivity contribution < 1.29 is 28.3 Å². The summed E-state index contributed by atoms with van der Waals surface area (Å²) in [7, 11) is 0. The highest BCUT2D eigenvalue weighted by atomic mass is 16.6. The van der Waals surface area contributed by atoms with Crippen molar-refractivity contribution in [2.45, 2.75) is 59.2 Å². The van der Waals surface area contributed by atoms with Crippen molar-refractivity contribution in [2.24, 2.45) is 0 Å². The van der Waals surface area contributed by atoms with Crippen LogP contribution in [-0.4, -0.2) is 35.0 Å². The number of nitrogens with zero attached hydrogens (tertiary/aromatic N) is 1. The smallest absolute Gasteiger partial charge is 0.349 e. The third-order valence-electron chi connectivity index (χ3n) is 5.69. The number of benzene rings is 2. The van der Waals surface area contributed by atoms with Crippen LogP contribution < -0.4 is 20.9 Å². The van der Waals surface area contributed by atoms with Crippen LogP contribution in [0.15, 0.2) is 59.3 Å². The van der Waals surface area contributed by atoms with E-state index in [2.05, 4.69) is 21.2 Å². The van der Waals surface area contributed by atoms with Crippen LogP contribution in [0, 0.1) is 13.8 Å². The number of carbonyl (C=O) groups excluding carboxylic acids is 3. The van der Waals surface area contributed by atoms with Crippen molar-refractivity contribution >= 4 is 17.8 Å². The van der Waals surface area contributed by atoms with Crippen LogP contribution in [0.25, 0.3) is 0 Å². The molecule has 0 spiro atoms. The normalized spacial score (nSPS) is 11.9. The van der Waals surface area contributed by atoms with E-state index in [9.17, 15) is 14.4 Å². The number of esters is 1. The molecular formula is C28H34N4O6. The Morgan fingerprint density at radius 2 is 1.74 bits per heavy atom. The summed E-state index contributed by atoms with van der Waals surface area (Å²) in [4.78, 5) is 41.3. The van der Waals surface area contributed by atoms with E-state index in [1.165, 1.54) is 12.5 Å². The number of rotatable bonds is 11. The molecule has 38 heavy (non-hydrogen) atoms. The monoisotopic (exact) mass is 522 g/mol. The maximum atomic E-state index is 12.6. The van der Waals surface area contributed by atoms with Gasteiger partial charge in [-0.25, -0.2) is 9.78 Å². The number of aryl methyl sites for hydroxylation is 2. The number of hydrazine groups is 1. The molecule has 1 unspecified atom stereocenters. The van der Waals surface area contributed by atoms with Gasteiger partial charge in [-0.2, -0.15) is 0 Å². The van der Waals surface area contributed by atoms with Crippen molar-refractivity contribution in [3.63, 3.8) is 0 Å². The Balaban J connectivity index is 1.64. The molecule has 0 fully saturated rings. The molecule has 0 saturated heterocycles. The molecule has 10 heteroatoms. The fourth-order valence-electron chi connectivity index (χ4n) is 3.82. The van der Waals surface area contributed by atoms with Gasteiger partial charge in [0.1, 0.15) is 12.0 Å². The summed E-state index contributed by atoms with van der Waals surface area (Å²) in [5.41, 5.74) is 6.79. The summed E-state index contributed by atoms with van der Waals surface area (Å²) >= 11 is 0. The number of nitrogens with one attached hydrogen (secondary N) is 3. The van der Waals surface area contributed by atoms with Crippen LogP contribution in [0.2, 0.25) is 0 Å². The SMILES string of the molecule is CCOC(=O)C(C)(C)Oc1c(C)cc(CNC(CC(=O)NNC(=O)c2ccccc2)c2ncco2)cc1C. The first-order valence-electron chi connectivity index (χ1n) is 12.3. The Morgan fingerprint density at radius 1 is 1.05 bits per heavy atom. The predicted octanol–water partition coefficient (Wildman–Crippen LogP) is 3.69. The zero-order chi connectivity index (χ0) is 27.7. The molecule has 10 nitrogen and oxygen atoms in total. The van der Waals surface area contributed by atoms with Gasteiger partial charge in [0.05, 0.1) is 25.3 Å². The van der Waals surface area contributed by atoms with E-state index in [1.807, 2.05) is 26.0 Å². The lowest BCUT2D eigenvalue weighted by atomic mass is 10.0. The van der Waals surface area contributed by atoms with Crippen molar-refractivity contribution in [2.75, 3.05) is 6.61 Å². The second-order valence-electron chi connectivity index (χ2n) is 9.27. The van der Waals surface area contributed by atoms with Crippen LogP contribution >= 0.6 is 0 Å². The molecule has 2 amide bonds. The minimum atomic E-state index is -1.13. The van der Waals surface area contributed by atoms with E-state index in [4.69, 9.17) is 13.9 Å². The maximum Gasteiger partial charge on any atom is 0.349 e. The highest BCUT2D eigenvalue weighted by molar-refractivity contribution is 5.95. The summed E-state index contributed by atoms with van der Waals surface area (Å²) in [6, 6.07) is 11.9. The Hall–Kier alpha value is -4.18. The van der Waals surface area contributed by atoms with Crippen LogP contribution in [0.4, 0.5) is 0 Å². The Bertz CT molecular complexity index is 1220. The summed E-state index contributed by atoms with van der Waals surface area (Å²) in [6.07, 6.45) is 2.91. The van der Waals surface area contributed by atoms with Gasteiger partial charge < -0.3 is 19.2 Å². The molecule has 0 aliphatic carbocycles. The first kappa shape index (κ1) is 28.4. The third kappa shape index (κ3) is 7.66. The Labute approximate surface area is 222 Å². The van der Waals surface area contributed by atoms with E-state index in [0.717, 1.165) is 16.7 Å². The predicted molar refractivity (Wildman–Crippen MR) is 140 cm³/mol. The summed E-state index contributed by atoms with van der Waals surface area (Å²) in [5, 5.41) is 3.30. The van der Waals surface area contributed by atoms with Gasteiger partial charge in [-0.05, 0) is 63.4 Å². The molecule has 3 aromatic rings. The standard InChI is InChI=1S/C28H34N4O6/c1-6-36-27(35)28(4,5)38-24-18(2)14-20(15-19(24)3)17-30-22(26-29-12-13-37-26)16-23(33)31-32-25(34)21-10-8-7-9-11-21/h7-15,22,30H,6,16-17H2,1-5H3,(H,31,33)(H,32,34). The van der Waals surface area contributed by atoms with E-state index >= 15 is 0 Å². The topological polar surface area (TPSA) is 132 Å². The second kappa shape index (κ2) is 12.9. The number of ether oxygens (including phenoxy) is 2. The average molecular weight is 523 g/mol. The molecule has 202 valence electrons. The molecule has 3 N–H and O–H groups in total. The molecule has 1 heterocycles. The number of carbonyl (C=O) groups is 3. The van der Waals surface area contributed by atoms with E-state index in [1.54, 1.807) is 51.1 Å². The molecule has 0 bridgehead atoms. The quantitative estimate of drug-likeness (QED) is 0.257. The number of oxazole rings is 1. The average Bonchev–Trinajstić information content (AvgIpc) is 3.43. The molecule has 0 saturated carbocycles. The molecule has 0 radical (unpaired) electrons. The zero-order valence-electron chi connectivity index (χ0n) is 22.3. The van der Waals surface area contributed by atoms with E-state index < -0.39 is 29.4 Å². The number of amides is 2. The van der Waals surface area contributed by atoms with Gasteiger partial charge in [-0.3, -0.25) is 20.4 Å². The Kier molecular flexibility index (Phi) is 9.61. The highest BCUT2D eigenvalue weighted by Gasteiger charge is 2.32. The van der Waals surface area contributed by atoms with Crippen LogP contribution in [0.1, 0.15) is 66.2 Å². The van der Waals surface area contributed by atoms with Gasteiger partial charge in [0.15, 0.2) is 5.60 Å². The first-order valence-corrected chi connectivity index (χ1v) is 12.3. The van der Waals surface area contributed by atoms with Gasteiger partial charge in [0, 0.05) is 12.1 Å². The highest BCUT2D eigenvalue weighted by Crippen LogP contribution is 2.29. The molecule has 0 aliphatic rings. The Morgan fingerprint density at radius 3 is 2.34 bits per heavy atom. The maximum absolute atomic E-state index is 12.6. The minimum Gasteiger partial charge on any atom is -0.476 e. The summed E-state index contributed by atoms with van der Waals surface area (Å²) < 4.78 is 16.6. The lowest BCUT2D eigenvalue weighted by Gasteiger charge is -2.26. The molecule has 3 rings (SSSR count).